The van der Waals surface area contributed by atoms with Crippen molar-refractivity contribution in [1.82, 2.24) is 4.90 Å². The van der Waals surface area contributed by atoms with E-state index in [0.29, 0.717) is 21.3 Å². The number of thioether (sulfide) groups is 1. The van der Waals surface area contributed by atoms with Crippen LogP contribution in [0.1, 0.15) is 11.1 Å². The van der Waals surface area contributed by atoms with E-state index in [0.717, 1.165) is 5.56 Å². The van der Waals surface area contributed by atoms with Crippen molar-refractivity contribution < 1.29 is 9.72 Å². The number of rotatable bonds is 4. The molecule has 5 nitrogen and oxygen atoms in total. The second kappa shape index (κ2) is 6.94. The second-order valence-corrected chi connectivity index (χ2v) is 6.78. The third-order valence-electron chi connectivity index (χ3n) is 3.44. The van der Waals surface area contributed by atoms with Crippen molar-refractivity contribution in [2.45, 2.75) is 6.54 Å². The Morgan fingerprint density at radius 2 is 1.92 bits per heavy atom. The molecule has 0 unspecified atom stereocenters. The molecule has 1 heterocycles. The first kappa shape index (κ1) is 16.4. The molecule has 0 radical (unpaired) electrons. The molecule has 3 rings (SSSR count). The van der Waals surface area contributed by atoms with Crippen LogP contribution in [0.3, 0.4) is 0 Å². The fourth-order valence-corrected chi connectivity index (χ4v) is 3.54. The summed E-state index contributed by atoms with van der Waals surface area (Å²) < 4.78 is 0.487. The van der Waals surface area contributed by atoms with Crippen LogP contribution in [-0.4, -0.2) is 20.1 Å². The van der Waals surface area contributed by atoms with Gasteiger partial charge in [-0.05, 0) is 17.2 Å². The standard InChI is InChI=1S/C17H12N2O3S2/c20-16-15(10-13-7-4-8-14(9-13)19(21)22)24-17(23)18(16)11-12-5-2-1-3-6-12/h1-10H,11H2/b15-10+. The van der Waals surface area contributed by atoms with E-state index in [1.165, 1.54) is 23.9 Å². The zero-order valence-corrected chi connectivity index (χ0v) is 14.0. The lowest BCUT2D eigenvalue weighted by atomic mass is 10.2. The molecule has 1 fully saturated rings. The predicted molar refractivity (Wildman–Crippen MR) is 98.3 cm³/mol. The number of carbonyl (C=O) groups is 1. The van der Waals surface area contributed by atoms with Gasteiger partial charge in [0.25, 0.3) is 11.6 Å². The van der Waals surface area contributed by atoms with Gasteiger partial charge in [0.1, 0.15) is 4.32 Å². The van der Waals surface area contributed by atoms with E-state index in [1.807, 2.05) is 30.3 Å². The average Bonchev–Trinajstić information content (AvgIpc) is 2.83. The monoisotopic (exact) mass is 356 g/mol. The summed E-state index contributed by atoms with van der Waals surface area (Å²) in [4.78, 5) is 25.0. The van der Waals surface area contributed by atoms with E-state index in [1.54, 1.807) is 23.1 Å². The van der Waals surface area contributed by atoms with Crippen molar-refractivity contribution in [2.75, 3.05) is 0 Å². The molecule has 120 valence electrons. The fourth-order valence-electron chi connectivity index (χ4n) is 2.28. The first-order valence-corrected chi connectivity index (χ1v) is 8.31. The van der Waals surface area contributed by atoms with Gasteiger partial charge in [-0.2, -0.15) is 0 Å². The maximum absolute atomic E-state index is 12.6. The molecule has 2 aromatic rings. The number of nitrogens with zero attached hydrogens (tertiary/aromatic N) is 2. The van der Waals surface area contributed by atoms with Crippen molar-refractivity contribution >= 4 is 46.0 Å². The number of nitro benzene ring substituents is 1. The molecule has 0 atom stereocenters. The normalized spacial score (nSPS) is 16.0. The van der Waals surface area contributed by atoms with Gasteiger partial charge in [0, 0.05) is 12.1 Å². The van der Waals surface area contributed by atoms with Crippen molar-refractivity contribution in [3.63, 3.8) is 0 Å². The molecule has 0 aliphatic carbocycles. The van der Waals surface area contributed by atoms with E-state index in [4.69, 9.17) is 12.2 Å². The highest BCUT2D eigenvalue weighted by atomic mass is 32.2. The number of benzene rings is 2. The zero-order chi connectivity index (χ0) is 17.1. The van der Waals surface area contributed by atoms with Gasteiger partial charge in [0.2, 0.25) is 0 Å². The highest BCUT2D eigenvalue weighted by Crippen LogP contribution is 2.33. The Balaban J connectivity index is 1.83. The topological polar surface area (TPSA) is 63.4 Å². The minimum absolute atomic E-state index is 0.0106. The van der Waals surface area contributed by atoms with Crippen LogP contribution < -0.4 is 0 Å². The summed E-state index contributed by atoms with van der Waals surface area (Å²) in [6, 6.07) is 15.8. The first-order chi connectivity index (χ1) is 11.5. The summed E-state index contributed by atoms with van der Waals surface area (Å²) in [6.07, 6.45) is 1.64. The molecule has 0 N–H and O–H groups in total. The first-order valence-electron chi connectivity index (χ1n) is 7.08. The van der Waals surface area contributed by atoms with Crippen LogP contribution in [0.5, 0.6) is 0 Å². The second-order valence-electron chi connectivity index (χ2n) is 5.11. The molecule has 0 aromatic heterocycles. The highest BCUT2D eigenvalue weighted by molar-refractivity contribution is 8.26. The third-order valence-corrected chi connectivity index (χ3v) is 4.81. The van der Waals surface area contributed by atoms with Gasteiger partial charge >= 0.3 is 0 Å². The molecule has 24 heavy (non-hydrogen) atoms. The summed E-state index contributed by atoms with van der Waals surface area (Å²) in [6.45, 7) is 0.414. The maximum Gasteiger partial charge on any atom is 0.270 e. The lowest BCUT2D eigenvalue weighted by molar-refractivity contribution is -0.384. The molecule has 0 bridgehead atoms. The molecular weight excluding hydrogens is 344 g/mol. The van der Waals surface area contributed by atoms with Crippen LogP contribution in [-0.2, 0) is 11.3 Å². The van der Waals surface area contributed by atoms with Gasteiger partial charge in [-0.3, -0.25) is 19.8 Å². The van der Waals surface area contributed by atoms with Crippen molar-refractivity contribution in [3.05, 3.63) is 80.7 Å². The Morgan fingerprint density at radius 1 is 1.17 bits per heavy atom. The Labute approximate surface area is 148 Å². The zero-order valence-electron chi connectivity index (χ0n) is 12.4. The number of nitro groups is 1. The Morgan fingerprint density at radius 3 is 2.62 bits per heavy atom. The smallest absolute Gasteiger partial charge is 0.270 e. The maximum atomic E-state index is 12.6. The van der Waals surface area contributed by atoms with Gasteiger partial charge in [-0.15, -0.1) is 0 Å². The number of hydrogen-bond acceptors (Lipinski definition) is 5. The fraction of sp³-hybridized carbons (Fsp3) is 0.0588. The minimum Gasteiger partial charge on any atom is -0.288 e. The molecule has 0 spiro atoms. The van der Waals surface area contributed by atoms with Crippen LogP contribution >= 0.6 is 24.0 Å². The van der Waals surface area contributed by atoms with Crippen LogP contribution in [0.15, 0.2) is 59.5 Å². The van der Waals surface area contributed by atoms with E-state index >= 15 is 0 Å². The minimum atomic E-state index is -0.460. The van der Waals surface area contributed by atoms with E-state index in [-0.39, 0.29) is 11.6 Å². The molecule has 2 aromatic carbocycles. The summed E-state index contributed by atoms with van der Waals surface area (Å²) in [5, 5.41) is 10.8. The summed E-state index contributed by atoms with van der Waals surface area (Å²) in [5.41, 5.74) is 1.58. The number of hydrogen-bond donors (Lipinski definition) is 0. The van der Waals surface area contributed by atoms with E-state index in [9.17, 15) is 14.9 Å². The lowest BCUT2D eigenvalue weighted by Gasteiger charge is -2.14. The molecular formula is C17H12N2O3S2. The largest absolute Gasteiger partial charge is 0.288 e. The molecule has 7 heteroatoms. The number of non-ortho nitro benzene ring substituents is 1. The van der Waals surface area contributed by atoms with Gasteiger partial charge in [0.05, 0.1) is 16.4 Å². The van der Waals surface area contributed by atoms with Gasteiger partial charge in [0.15, 0.2) is 0 Å². The Hall–Kier alpha value is -2.51. The quantitative estimate of drug-likeness (QED) is 0.359. The Bertz CT molecular complexity index is 850. The highest BCUT2D eigenvalue weighted by Gasteiger charge is 2.31. The van der Waals surface area contributed by atoms with Gasteiger partial charge < -0.3 is 0 Å². The molecule has 1 aliphatic rings. The molecule has 0 saturated carbocycles. The number of amides is 1. The van der Waals surface area contributed by atoms with Gasteiger partial charge in [-0.1, -0.05) is 66.4 Å². The van der Waals surface area contributed by atoms with E-state index < -0.39 is 4.92 Å². The van der Waals surface area contributed by atoms with Crippen LogP contribution in [0, 0.1) is 10.1 Å². The molecule has 1 amide bonds. The van der Waals surface area contributed by atoms with Crippen molar-refractivity contribution in [1.29, 1.82) is 0 Å². The number of carbonyl (C=O) groups excluding carboxylic acids is 1. The summed E-state index contributed by atoms with van der Waals surface area (Å²) in [7, 11) is 0. The van der Waals surface area contributed by atoms with Crippen LogP contribution in [0.25, 0.3) is 6.08 Å². The summed E-state index contributed by atoms with van der Waals surface area (Å²) in [5.74, 6) is -0.180. The SMILES string of the molecule is O=C1/C(=C\c2cccc([N+](=O)[O-])c2)SC(=S)N1Cc1ccccc1. The summed E-state index contributed by atoms with van der Waals surface area (Å²) >= 11 is 6.51. The predicted octanol–water partition coefficient (Wildman–Crippen LogP) is 4.00. The van der Waals surface area contributed by atoms with Crippen LogP contribution in [0.4, 0.5) is 5.69 Å². The lowest BCUT2D eigenvalue weighted by Crippen LogP contribution is -2.27. The Kier molecular flexibility index (Phi) is 4.73. The van der Waals surface area contributed by atoms with E-state index in [2.05, 4.69) is 0 Å². The van der Waals surface area contributed by atoms with Gasteiger partial charge in [-0.25, -0.2) is 0 Å². The molecule has 1 saturated heterocycles. The number of thiocarbonyl (C=S) groups is 1. The average molecular weight is 356 g/mol. The van der Waals surface area contributed by atoms with Crippen LogP contribution in [0.2, 0.25) is 0 Å². The molecule has 1 aliphatic heterocycles. The third kappa shape index (κ3) is 3.52. The van der Waals surface area contributed by atoms with Crippen molar-refractivity contribution in [3.8, 4) is 0 Å². The van der Waals surface area contributed by atoms with Crippen molar-refractivity contribution in [2.24, 2.45) is 0 Å².